The van der Waals surface area contributed by atoms with E-state index >= 15 is 8.78 Å². The maximum atomic E-state index is 16.1. The van der Waals surface area contributed by atoms with E-state index in [1.54, 1.807) is 12.1 Å². The second-order valence-corrected chi connectivity index (χ2v) is 35.0. The smallest absolute Gasteiger partial charge is 0.505 e. The molecule has 0 fully saturated rings. The molecule has 0 aliphatic carbocycles. The Kier molecular flexibility index (Phi) is 21.4. The van der Waals surface area contributed by atoms with E-state index in [1.165, 1.54) is 46.5 Å². The number of benzene rings is 8. The Balaban J connectivity index is 0.00000433. The standard InChI is InChI=1S/C85H104F2N2O4.2CH3.Zr/c1-50(92-74-35-29-58(86)46-64(74)66-42-56(84(21,22)48-78(3,4)5)44-72(76(66)90)88-68-31-25-52(80(9,10)11)38-60(68)61-39-53(81(12,13)14)26-32-69(61)88)37-51(2)93-75-36-30-59(87)47-65(75)67-43-57(85(23,24)49-79(6,7)8)45-73(77(67)91)89-70-33-27-54(82(15,16)17)40-62(70)63-41-55(83(18,19)20)28-34-71(63)89;;;/h25-36,38-47,50-51,90-91H,37,48-49H2,1-24H3;2*1H3;/q;2*-1;+2/t50-,51-;;;/m1.../s1. The van der Waals surface area contributed by atoms with Gasteiger partial charge >= 0.3 is 26.2 Å². The zero-order chi connectivity index (χ0) is 68.4. The number of ether oxygens (including phenoxy) is 2. The molecule has 0 saturated heterocycles. The molecule has 0 spiro atoms. The van der Waals surface area contributed by atoms with Crippen LogP contribution in [-0.4, -0.2) is 31.6 Å². The number of halogens is 2. The number of hydrogen-bond donors (Lipinski definition) is 2. The van der Waals surface area contributed by atoms with Crippen molar-refractivity contribution < 1.29 is 54.7 Å². The molecule has 0 saturated carbocycles. The number of phenolic OH excluding ortho intramolecular Hbond substituents is 2. The minimum atomic E-state index is -0.504. The summed E-state index contributed by atoms with van der Waals surface area (Å²) in [6, 6.07) is 44.0. The maximum Gasteiger partial charge on any atom is 2.00 e. The van der Waals surface area contributed by atoms with Gasteiger partial charge in [0.15, 0.2) is 0 Å². The van der Waals surface area contributed by atoms with E-state index in [4.69, 9.17) is 9.47 Å². The Morgan fingerprint density at radius 2 is 0.625 bits per heavy atom. The van der Waals surface area contributed by atoms with Gasteiger partial charge in [0.25, 0.3) is 0 Å². The largest absolute Gasteiger partial charge is 2.00 e. The van der Waals surface area contributed by atoms with Crippen molar-refractivity contribution in [2.24, 2.45) is 10.8 Å². The van der Waals surface area contributed by atoms with Crippen LogP contribution in [0.4, 0.5) is 8.78 Å². The predicted octanol–water partition coefficient (Wildman–Crippen LogP) is 25.0. The summed E-state index contributed by atoms with van der Waals surface area (Å²) in [5, 5.41) is 30.6. The molecule has 2 heterocycles. The van der Waals surface area contributed by atoms with Crippen molar-refractivity contribution >= 4 is 43.6 Å². The van der Waals surface area contributed by atoms with Gasteiger partial charge < -0.3 is 43.7 Å². The van der Waals surface area contributed by atoms with Crippen LogP contribution in [0.2, 0.25) is 0 Å². The Morgan fingerprint density at radius 1 is 0.354 bits per heavy atom. The van der Waals surface area contributed by atoms with Crippen LogP contribution in [0.15, 0.2) is 133 Å². The van der Waals surface area contributed by atoms with Gasteiger partial charge in [-0.3, -0.25) is 0 Å². The summed E-state index contributed by atoms with van der Waals surface area (Å²) in [4.78, 5) is 0. The monoisotopic (exact) mass is 1370 g/mol. The first-order chi connectivity index (χ1) is 42.8. The Hall–Kier alpha value is -6.70. The molecule has 9 heteroatoms. The molecule has 6 nitrogen and oxygen atoms in total. The van der Waals surface area contributed by atoms with E-state index in [0.717, 1.165) is 67.6 Å². The zero-order valence-electron chi connectivity index (χ0n) is 62.8. The summed E-state index contributed by atoms with van der Waals surface area (Å²) in [6.45, 7) is 53.2. The minimum Gasteiger partial charge on any atom is -0.505 e. The van der Waals surface area contributed by atoms with Gasteiger partial charge in [-0.2, -0.15) is 0 Å². The number of rotatable bonds is 14. The molecule has 0 aliphatic heterocycles. The normalized spacial score (nSPS) is 13.6. The molecule has 0 amide bonds. The quantitative estimate of drug-likeness (QED) is 0.106. The van der Waals surface area contributed by atoms with Crippen molar-refractivity contribution in [3.05, 3.63) is 193 Å². The van der Waals surface area contributed by atoms with Crippen molar-refractivity contribution in [1.82, 2.24) is 9.13 Å². The number of aromatic hydroxyl groups is 2. The average molecular weight is 1380 g/mol. The van der Waals surface area contributed by atoms with Crippen LogP contribution >= 0.6 is 0 Å². The Morgan fingerprint density at radius 3 is 0.875 bits per heavy atom. The molecule has 0 aliphatic rings. The van der Waals surface area contributed by atoms with Gasteiger partial charge in [0.05, 0.1) is 45.6 Å². The first-order valence-electron chi connectivity index (χ1n) is 33.7. The van der Waals surface area contributed by atoms with Crippen LogP contribution in [-0.2, 0) is 58.7 Å². The van der Waals surface area contributed by atoms with Gasteiger partial charge in [-0.05, 0) is 213 Å². The average Bonchev–Trinajstić information content (AvgIpc) is 1.54. The van der Waals surface area contributed by atoms with Crippen LogP contribution in [0.3, 0.4) is 0 Å². The van der Waals surface area contributed by atoms with Crippen LogP contribution in [0.25, 0.3) is 77.2 Å². The Bertz CT molecular complexity index is 4090. The summed E-state index contributed by atoms with van der Waals surface area (Å²) in [6.07, 6.45) is 1.02. The van der Waals surface area contributed by atoms with Crippen molar-refractivity contribution in [2.75, 3.05) is 0 Å². The van der Waals surface area contributed by atoms with E-state index in [2.05, 4.69) is 246 Å². The fourth-order valence-corrected chi connectivity index (χ4v) is 14.7. The van der Waals surface area contributed by atoms with Crippen molar-refractivity contribution in [2.45, 2.75) is 230 Å². The molecule has 0 bridgehead atoms. The van der Waals surface area contributed by atoms with E-state index < -0.39 is 23.8 Å². The van der Waals surface area contributed by atoms with E-state index in [9.17, 15) is 10.2 Å². The molecule has 2 N–H and O–H groups in total. The molecule has 10 aromatic rings. The molecule has 2 aromatic heterocycles. The summed E-state index contributed by atoms with van der Waals surface area (Å²) in [7, 11) is 0. The number of phenols is 2. The third kappa shape index (κ3) is 15.7. The fourth-order valence-electron chi connectivity index (χ4n) is 14.7. The van der Waals surface area contributed by atoms with Crippen molar-refractivity contribution in [3.63, 3.8) is 0 Å². The van der Waals surface area contributed by atoms with Crippen molar-refractivity contribution in [3.8, 4) is 56.6 Å². The minimum absolute atomic E-state index is 0. The SMILES string of the molecule is C[C@H](C[C@@H](C)Oc1ccc(F)cc1-c1cc(C(C)(C)CC(C)(C)C)cc(-n2c3ccc(C(C)(C)C)cc3c3cc(C(C)(C)C)ccc32)c1O)Oc1ccc(F)cc1-c1cc(C(C)(C)CC(C)(C)C)cc(-n2c3ccc(C(C)(C)C)cc3c3cc(C(C)(C)C)ccc32)c1O.[CH3-].[CH3-].[Zr+2]. The molecule has 510 valence electrons. The molecule has 0 radical (unpaired) electrons. The first-order valence-corrected chi connectivity index (χ1v) is 33.7. The zero-order valence-corrected chi connectivity index (χ0v) is 65.3. The number of nitrogens with zero attached hydrogens (tertiary/aromatic N) is 2. The van der Waals surface area contributed by atoms with E-state index in [0.29, 0.717) is 51.5 Å². The molecular weight excluding hydrogens is 1270 g/mol. The Labute approximate surface area is 594 Å². The number of hydrogen-bond acceptors (Lipinski definition) is 4. The van der Waals surface area contributed by atoms with Gasteiger partial charge in [-0.1, -0.05) is 177 Å². The van der Waals surface area contributed by atoms with Crippen LogP contribution < -0.4 is 9.47 Å². The predicted molar refractivity (Wildman–Crippen MR) is 402 cm³/mol. The summed E-state index contributed by atoms with van der Waals surface area (Å²) < 4.78 is 50.5. The second-order valence-electron chi connectivity index (χ2n) is 35.0. The summed E-state index contributed by atoms with van der Waals surface area (Å²) in [5.41, 5.74) is 12.3. The number of fused-ring (bicyclic) bond motifs is 6. The van der Waals surface area contributed by atoms with E-state index in [1.807, 2.05) is 26.0 Å². The van der Waals surface area contributed by atoms with Gasteiger partial charge in [-0.25, -0.2) is 8.78 Å². The maximum absolute atomic E-state index is 16.1. The third-order valence-corrected chi connectivity index (χ3v) is 18.9. The van der Waals surface area contributed by atoms with Crippen LogP contribution in [0, 0.1) is 37.3 Å². The molecule has 96 heavy (non-hydrogen) atoms. The third-order valence-electron chi connectivity index (χ3n) is 18.9. The summed E-state index contributed by atoms with van der Waals surface area (Å²) in [5.74, 6) is -0.115. The molecule has 0 unspecified atom stereocenters. The van der Waals surface area contributed by atoms with Gasteiger partial charge in [0, 0.05) is 50.2 Å². The second kappa shape index (κ2) is 26.9. The molecule has 8 aromatic carbocycles. The first kappa shape index (κ1) is 76.7. The fraction of sp³-hybridized carbons (Fsp3) is 0.425. The van der Waals surface area contributed by atoms with Crippen LogP contribution in [0.5, 0.6) is 23.0 Å². The van der Waals surface area contributed by atoms with Gasteiger partial charge in [0.1, 0.15) is 34.6 Å². The topological polar surface area (TPSA) is 68.8 Å². The van der Waals surface area contributed by atoms with Crippen molar-refractivity contribution in [1.29, 1.82) is 0 Å². The molecule has 10 rings (SSSR count). The molecular formula is C87H110F2N2O4Zr. The van der Waals surface area contributed by atoms with E-state index in [-0.39, 0.29) is 95.9 Å². The number of aromatic nitrogens is 2. The van der Waals surface area contributed by atoms with Crippen LogP contribution in [0.1, 0.15) is 219 Å². The van der Waals surface area contributed by atoms with Gasteiger partial charge in [0.2, 0.25) is 0 Å². The van der Waals surface area contributed by atoms with Gasteiger partial charge in [-0.15, -0.1) is 0 Å². The molecule has 2 atom stereocenters. The summed E-state index contributed by atoms with van der Waals surface area (Å²) >= 11 is 0.